The number of ketones is 1. The number of anilines is 1. The Labute approximate surface area is 740 Å². The number of Topliss-reactive ketones (excluding diaryl/α,β-unsaturated/α-hetero) is 1. The van der Waals surface area contributed by atoms with Crippen LogP contribution < -0.4 is 48.3 Å². The quantitative estimate of drug-likeness (QED) is 0.0135. The molecule has 1 aliphatic heterocycles. The van der Waals surface area contributed by atoms with Crippen LogP contribution in [-0.2, 0) is 83.6 Å². The molecule has 1 saturated heterocycles. The second kappa shape index (κ2) is 49.4. The van der Waals surface area contributed by atoms with Gasteiger partial charge in [-0.3, -0.25) is 52.8 Å². The van der Waals surface area contributed by atoms with Crippen molar-refractivity contribution in [3.63, 3.8) is 0 Å². The lowest BCUT2D eigenvalue weighted by Crippen LogP contribution is -2.60. The first-order valence-corrected chi connectivity index (χ1v) is 46.0. The highest BCUT2D eigenvalue weighted by atomic mass is 32.2. The number of primary amides is 1. The van der Waals surface area contributed by atoms with Gasteiger partial charge in [0.15, 0.2) is 25.5 Å². The molecule has 5 aromatic rings. The summed E-state index contributed by atoms with van der Waals surface area (Å²) in [5, 5.41) is 32.7. The third kappa shape index (κ3) is 30.2. The number of aliphatic hydroxyl groups is 1. The average molecular weight is 1790 g/mol. The minimum absolute atomic E-state index is 0.00974. The molecule has 0 aromatic heterocycles. The predicted octanol–water partition coefficient (Wildman–Crippen LogP) is 7.30. The molecule has 11 N–H and O–H groups in total. The van der Waals surface area contributed by atoms with E-state index in [2.05, 4.69) is 42.5 Å². The third-order valence-electron chi connectivity index (χ3n) is 22.8. The number of urea groups is 1. The van der Waals surface area contributed by atoms with Gasteiger partial charge in [0.25, 0.3) is 5.91 Å². The van der Waals surface area contributed by atoms with Crippen molar-refractivity contribution in [2.45, 2.75) is 217 Å². The van der Waals surface area contributed by atoms with Crippen molar-refractivity contribution in [2.24, 2.45) is 41.2 Å². The Balaban J connectivity index is 1.07. The molecule has 12 amide bonds. The van der Waals surface area contributed by atoms with Crippen molar-refractivity contribution in [3.8, 4) is 0 Å². The molecular formula is C91H130N12O21S2. The summed E-state index contributed by atoms with van der Waals surface area (Å²) in [5.41, 5.74) is 8.05. The number of nitrogens with one attached hydrogen (secondary N) is 8. The Morgan fingerprint density at radius 2 is 1.17 bits per heavy atom. The number of amides is 12. The molecule has 13 atom stereocenters. The first-order chi connectivity index (χ1) is 59.5. The van der Waals surface area contributed by atoms with Crippen LogP contribution >= 0.6 is 0 Å². The van der Waals surface area contributed by atoms with Gasteiger partial charge in [0.05, 0.1) is 82.6 Å². The predicted molar refractivity (Wildman–Crippen MR) is 475 cm³/mol. The van der Waals surface area contributed by atoms with E-state index in [0.29, 0.717) is 36.9 Å². The Morgan fingerprint density at radius 1 is 0.595 bits per heavy atom. The zero-order valence-electron chi connectivity index (χ0n) is 75.4. The Bertz CT molecular complexity index is 4640. The van der Waals surface area contributed by atoms with Crippen LogP contribution in [0, 0.1) is 49.4 Å². The monoisotopic (exact) mass is 1790 g/mol. The maximum Gasteiger partial charge on any atom is 0.410 e. The zero-order chi connectivity index (χ0) is 93.6. The molecule has 0 spiro atoms. The van der Waals surface area contributed by atoms with Gasteiger partial charge in [0, 0.05) is 78.3 Å². The van der Waals surface area contributed by atoms with E-state index >= 15 is 0 Å². The molecule has 0 radical (unpaired) electrons. The van der Waals surface area contributed by atoms with Crippen LogP contribution in [0.2, 0.25) is 0 Å². The van der Waals surface area contributed by atoms with Gasteiger partial charge in [-0.1, -0.05) is 159 Å². The summed E-state index contributed by atoms with van der Waals surface area (Å²) in [5.74, 6) is -12.0. The van der Waals surface area contributed by atoms with Crippen molar-refractivity contribution in [3.05, 3.63) is 161 Å². The number of rotatable bonds is 49. The van der Waals surface area contributed by atoms with Gasteiger partial charge in [-0.2, -0.15) is 0 Å². The second-order valence-electron chi connectivity index (χ2n) is 33.5. The number of aliphatic hydroxyl groups excluding tert-OH is 1. The van der Waals surface area contributed by atoms with E-state index in [0.717, 1.165) is 16.0 Å². The van der Waals surface area contributed by atoms with E-state index in [1.54, 1.807) is 142 Å². The Kier molecular flexibility index (Phi) is 40.8. The van der Waals surface area contributed by atoms with Crippen molar-refractivity contribution in [2.75, 3.05) is 78.5 Å². The Morgan fingerprint density at radius 3 is 1.70 bits per heavy atom. The van der Waals surface area contributed by atoms with Crippen LogP contribution in [0.4, 0.5) is 15.3 Å². The molecule has 0 saturated carbocycles. The second-order valence-corrected chi connectivity index (χ2v) is 37.5. The van der Waals surface area contributed by atoms with E-state index in [1.807, 2.05) is 19.9 Å². The number of carbonyl (C=O) groups is 12. The largest absolute Gasteiger partial charge is 0.445 e. The number of carbonyl (C=O) groups excluding carboxylic acids is 12. The van der Waals surface area contributed by atoms with Crippen LogP contribution in [0.25, 0.3) is 0 Å². The Hall–Kier alpha value is -10.7. The molecule has 6 rings (SSSR count). The summed E-state index contributed by atoms with van der Waals surface area (Å²) < 4.78 is 78.0. The molecule has 692 valence electrons. The van der Waals surface area contributed by atoms with Gasteiger partial charge >= 0.3 is 12.1 Å². The summed E-state index contributed by atoms with van der Waals surface area (Å²) >= 11 is 0. The lowest BCUT2D eigenvalue weighted by molar-refractivity contribution is -0.148. The summed E-state index contributed by atoms with van der Waals surface area (Å²) in [4.78, 5) is 172. The average Bonchev–Trinajstić information content (AvgIpc) is 1.00. The highest BCUT2D eigenvalue weighted by Crippen LogP contribution is 2.32. The smallest absolute Gasteiger partial charge is 0.410 e. The van der Waals surface area contributed by atoms with Gasteiger partial charge < -0.3 is 82.1 Å². The molecule has 5 aromatic carbocycles. The first kappa shape index (κ1) is 104. The van der Waals surface area contributed by atoms with Crippen LogP contribution in [0.3, 0.4) is 0 Å². The van der Waals surface area contributed by atoms with Crippen molar-refractivity contribution < 1.29 is 98.4 Å². The highest BCUT2D eigenvalue weighted by Gasteiger charge is 2.45. The van der Waals surface area contributed by atoms with Gasteiger partial charge in [-0.15, -0.1) is 0 Å². The fraction of sp³-hybridized carbons (Fsp3) is 0.538. The number of likely N-dealkylation sites (N-methyl/N-ethyl adjacent to an activating group) is 2. The van der Waals surface area contributed by atoms with Crippen molar-refractivity contribution >= 4 is 96.4 Å². The lowest BCUT2D eigenvalue weighted by Gasteiger charge is -2.41. The number of nitrogens with two attached hydrogens (primary N) is 1. The number of benzene rings is 5. The summed E-state index contributed by atoms with van der Waals surface area (Å²) in [6, 6.07) is 23.2. The number of hydrogen-bond donors (Lipinski definition) is 10. The zero-order valence-corrected chi connectivity index (χ0v) is 77.0. The van der Waals surface area contributed by atoms with E-state index in [1.165, 1.54) is 93.9 Å². The standard InChI is InChI=1S/C91H130N12O21S2/c1-18-59(10)79(73(122-16)50-75(105)103-48-23-27-72(103)82(123-17)60(11)83(108)95-61(12)80(106)63-24-20-19-21-25-63)101(13)89(114)77(55(4)5)100-88(113)78(56(6)7)102(14)91(116)124-51-62-32-38-67(39-33-62)96-86(111)70(26-22-46-94-90(92)115)98-87(112)76(54(2)3)99-74(104)45-44-71(85(110)93-47-49-121-15)97-84(109)65-36-34-64(35-37-65)81(107)66(52-125(117,118)68-40-28-57(8)29-41-68)53-126(119,120)69-42-30-58(9)31-43-69/h19-21,24-25,28-43,54-56,59-61,66,70-73,76-80,82,106H,18,22-23,26-27,44-53H2,1-17H3,(H,93,110)(H,95,108)(H,96,111)(H,97,109)(H,98,112)(H,99,104)(H,100,113)(H3,92,94,115)/t59-,60+,61+,70-,71-,72-,73+,76-,77-,78-,79?,80+,82+/m0/s1. The number of hydrogen-bond acceptors (Lipinski definition) is 21. The van der Waals surface area contributed by atoms with E-state index in [4.69, 9.17) is 24.7 Å². The number of ether oxygens (including phenoxy) is 4. The molecule has 35 heteroatoms. The highest BCUT2D eigenvalue weighted by molar-refractivity contribution is 7.92. The molecule has 1 aliphatic rings. The number of nitrogens with zero attached hydrogens (tertiary/aromatic N) is 3. The van der Waals surface area contributed by atoms with Crippen molar-refractivity contribution in [1.82, 2.24) is 51.9 Å². The molecule has 1 unspecified atom stereocenters. The maximum absolute atomic E-state index is 14.9. The fourth-order valence-corrected chi connectivity index (χ4v) is 18.5. The summed E-state index contributed by atoms with van der Waals surface area (Å²) in [7, 11) is -1.04. The SMILES string of the molecule is CC[C@H](C)C([C@@H](CC(=O)N1CCC[C@H]1[C@H](OC)[C@@H](C)C(=O)N[C@H](C)[C@@H](O)c1ccccc1)OC)N(C)C(=O)[C@@H](NC(=O)[C@H](C(C)C)N(C)C(=O)OCc1ccc(NC(=O)[C@H](CCCNC(N)=O)NC(=O)[C@@H](NC(=O)CC[C@H](NC(=O)c2ccc(C(=O)C(CS(=O)(=O)c3ccc(C)cc3)CS(=O)(=O)c3ccc(C)cc3)cc2)C(=O)NCCOC)C(C)C)cc1)C(C)C. The van der Waals surface area contributed by atoms with Gasteiger partial charge in [0.2, 0.25) is 47.3 Å². The summed E-state index contributed by atoms with van der Waals surface area (Å²) in [6.45, 7) is 21.4. The lowest BCUT2D eigenvalue weighted by atomic mass is 9.89. The molecule has 126 heavy (non-hydrogen) atoms. The molecule has 0 bridgehead atoms. The minimum atomic E-state index is -4.23. The number of sulfone groups is 2. The van der Waals surface area contributed by atoms with E-state index < -0.39 is 193 Å². The molecule has 1 heterocycles. The number of likely N-dealkylation sites (tertiary alicyclic amines) is 1. The molecular weight excluding hydrogens is 1660 g/mol. The van der Waals surface area contributed by atoms with Crippen LogP contribution in [0.5, 0.6) is 0 Å². The van der Waals surface area contributed by atoms with Gasteiger partial charge in [-0.25, -0.2) is 26.4 Å². The normalized spacial score (nSPS) is 15.8. The van der Waals surface area contributed by atoms with Gasteiger partial charge in [-0.05, 0) is 136 Å². The van der Waals surface area contributed by atoms with Crippen LogP contribution in [0.15, 0.2) is 137 Å². The number of methoxy groups -OCH3 is 3. The first-order valence-electron chi connectivity index (χ1n) is 42.7. The molecule has 33 nitrogen and oxygen atoms in total. The van der Waals surface area contributed by atoms with Crippen LogP contribution in [-0.4, -0.2) is 241 Å². The maximum atomic E-state index is 14.9. The number of aryl methyl sites for hydroxylation is 2. The molecule has 1 fully saturated rings. The van der Waals surface area contributed by atoms with Gasteiger partial charge in [0.1, 0.15) is 36.8 Å². The minimum Gasteiger partial charge on any atom is -0.445 e. The topological polar surface area (TPSA) is 462 Å². The van der Waals surface area contributed by atoms with Crippen molar-refractivity contribution in [1.29, 1.82) is 0 Å². The van der Waals surface area contributed by atoms with Crippen LogP contribution in [0.1, 0.15) is 170 Å². The van der Waals surface area contributed by atoms with E-state index in [9.17, 15) is 79.5 Å². The fourth-order valence-electron chi connectivity index (χ4n) is 15.3. The summed E-state index contributed by atoms with van der Waals surface area (Å²) in [6.07, 6.45) is -2.29. The van der Waals surface area contributed by atoms with E-state index in [-0.39, 0.29) is 96.3 Å². The molecule has 0 aliphatic carbocycles. The third-order valence-corrected chi connectivity index (χ3v) is 26.5.